The molecule has 2 aliphatic rings. The zero-order valence-electron chi connectivity index (χ0n) is 19.6. The number of rotatable bonds is 4. The third kappa shape index (κ3) is 3.86. The summed E-state index contributed by atoms with van der Waals surface area (Å²) in [6, 6.07) is 4.29. The number of carbonyl (C=O) groups is 1. The summed E-state index contributed by atoms with van der Waals surface area (Å²) < 4.78 is 15.7. The number of hydrogen-bond donors (Lipinski definition) is 0. The van der Waals surface area contributed by atoms with E-state index in [4.69, 9.17) is 9.47 Å². The molecule has 4 rings (SSSR count). The predicted octanol–water partition coefficient (Wildman–Crippen LogP) is 4.26. The van der Waals surface area contributed by atoms with Crippen LogP contribution >= 0.6 is 0 Å². The summed E-state index contributed by atoms with van der Waals surface area (Å²) in [4.78, 5) is 26.8. The van der Waals surface area contributed by atoms with Crippen LogP contribution in [0.15, 0.2) is 16.9 Å². The molecule has 0 radical (unpaired) electrons. The molecule has 1 fully saturated rings. The SMILES string of the molecule is CCc1cc(C)cc(CC)c1-c1c(OC(=O)C(C)(C)C)n2n(c1=O)CC1CCC(C2)O1. The molecule has 6 nitrogen and oxygen atoms in total. The van der Waals surface area contributed by atoms with Crippen molar-refractivity contribution in [1.82, 2.24) is 9.36 Å². The molecule has 31 heavy (non-hydrogen) atoms. The number of aryl methyl sites for hydroxylation is 3. The van der Waals surface area contributed by atoms with Crippen LogP contribution in [0.5, 0.6) is 5.88 Å². The highest BCUT2D eigenvalue weighted by molar-refractivity contribution is 5.82. The van der Waals surface area contributed by atoms with Crippen LogP contribution in [-0.2, 0) is 35.5 Å². The molecule has 0 saturated carbocycles. The second kappa shape index (κ2) is 7.97. The van der Waals surface area contributed by atoms with Gasteiger partial charge in [0.25, 0.3) is 5.56 Å². The molecule has 1 saturated heterocycles. The highest BCUT2D eigenvalue weighted by Crippen LogP contribution is 2.38. The minimum atomic E-state index is -0.676. The number of carbonyl (C=O) groups excluding carboxylic acids is 1. The fraction of sp³-hybridized carbons (Fsp3) is 0.600. The van der Waals surface area contributed by atoms with Crippen molar-refractivity contribution in [2.75, 3.05) is 0 Å². The third-order valence-corrected chi connectivity index (χ3v) is 6.40. The minimum Gasteiger partial charge on any atom is -0.407 e. The summed E-state index contributed by atoms with van der Waals surface area (Å²) in [7, 11) is 0. The number of aromatic nitrogens is 2. The Balaban J connectivity index is 1.99. The molecule has 2 aromatic rings. The van der Waals surface area contributed by atoms with Crippen LogP contribution < -0.4 is 10.3 Å². The van der Waals surface area contributed by atoms with E-state index in [1.54, 1.807) is 4.68 Å². The van der Waals surface area contributed by atoms with E-state index in [0.29, 0.717) is 24.5 Å². The Morgan fingerprint density at radius 2 is 1.58 bits per heavy atom. The molecule has 6 heteroatoms. The van der Waals surface area contributed by atoms with Crippen molar-refractivity contribution in [1.29, 1.82) is 0 Å². The van der Waals surface area contributed by atoms with Gasteiger partial charge < -0.3 is 9.47 Å². The van der Waals surface area contributed by atoms with Gasteiger partial charge in [0, 0.05) is 0 Å². The zero-order valence-corrected chi connectivity index (χ0v) is 19.6. The Morgan fingerprint density at radius 3 is 2.10 bits per heavy atom. The number of hydrogen-bond acceptors (Lipinski definition) is 4. The smallest absolute Gasteiger partial charge is 0.317 e. The van der Waals surface area contributed by atoms with E-state index in [2.05, 4.69) is 32.9 Å². The van der Waals surface area contributed by atoms with E-state index in [0.717, 1.165) is 42.4 Å². The highest BCUT2D eigenvalue weighted by Gasteiger charge is 2.37. The third-order valence-electron chi connectivity index (χ3n) is 6.40. The number of esters is 1. The van der Waals surface area contributed by atoms with Gasteiger partial charge in [0.15, 0.2) is 0 Å². The fourth-order valence-electron chi connectivity index (χ4n) is 4.75. The Kier molecular flexibility index (Phi) is 5.63. The quantitative estimate of drug-likeness (QED) is 0.685. The van der Waals surface area contributed by atoms with Gasteiger partial charge in [0.05, 0.1) is 30.7 Å². The minimum absolute atomic E-state index is 0.0344. The first-order valence-corrected chi connectivity index (χ1v) is 11.5. The monoisotopic (exact) mass is 426 g/mol. The topological polar surface area (TPSA) is 62.5 Å². The second-order valence-electron chi connectivity index (χ2n) is 9.91. The molecule has 2 unspecified atom stereocenters. The normalized spacial score (nSPS) is 20.5. The van der Waals surface area contributed by atoms with Gasteiger partial charge in [-0.25, -0.2) is 9.36 Å². The molecule has 1 aromatic carbocycles. The largest absolute Gasteiger partial charge is 0.407 e. The van der Waals surface area contributed by atoms with Crippen LogP contribution in [0.3, 0.4) is 0 Å². The van der Waals surface area contributed by atoms with Crippen LogP contribution in [0.4, 0.5) is 0 Å². The van der Waals surface area contributed by atoms with E-state index < -0.39 is 5.41 Å². The van der Waals surface area contributed by atoms with Crippen molar-refractivity contribution in [2.24, 2.45) is 5.41 Å². The fourth-order valence-corrected chi connectivity index (χ4v) is 4.75. The maximum absolute atomic E-state index is 13.8. The molecule has 0 amide bonds. The number of ether oxygens (including phenoxy) is 2. The van der Waals surface area contributed by atoms with Gasteiger partial charge in [0.1, 0.15) is 5.56 Å². The van der Waals surface area contributed by atoms with E-state index in [-0.39, 0.29) is 23.7 Å². The second-order valence-corrected chi connectivity index (χ2v) is 9.91. The summed E-state index contributed by atoms with van der Waals surface area (Å²) in [5, 5.41) is 0. The Hall–Kier alpha value is -2.34. The maximum atomic E-state index is 13.8. The molecule has 168 valence electrons. The molecule has 0 N–H and O–H groups in total. The van der Waals surface area contributed by atoms with Gasteiger partial charge >= 0.3 is 5.97 Å². The highest BCUT2D eigenvalue weighted by atomic mass is 16.5. The summed E-state index contributed by atoms with van der Waals surface area (Å²) >= 11 is 0. The Bertz CT molecular complexity index is 1050. The van der Waals surface area contributed by atoms with Crippen molar-refractivity contribution >= 4 is 5.97 Å². The lowest BCUT2D eigenvalue weighted by Crippen LogP contribution is -2.30. The predicted molar refractivity (Wildman–Crippen MR) is 121 cm³/mol. The zero-order chi connectivity index (χ0) is 22.5. The van der Waals surface area contributed by atoms with Crippen LogP contribution in [0, 0.1) is 12.3 Å². The van der Waals surface area contributed by atoms with Crippen molar-refractivity contribution < 1.29 is 14.3 Å². The van der Waals surface area contributed by atoms with E-state index in [1.165, 1.54) is 5.56 Å². The molecular formula is C25H34N2O4. The van der Waals surface area contributed by atoms with Gasteiger partial charge in [-0.1, -0.05) is 31.5 Å². The molecule has 2 bridgehead atoms. The number of fused-ring (bicyclic) bond motifs is 3. The van der Waals surface area contributed by atoms with Crippen LogP contribution in [-0.4, -0.2) is 27.5 Å². The summed E-state index contributed by atoms with van der Waals surface area (Å²) in [5.74, 6) is 0.0301. The molecule has 2 atom stereocenters. The molecule has 3 heterocycles. The van der Waals surface area contributed by atoms with Crippen molar-refractivity contribution in [3.63, 3.8) is 0 Å². The lowest BCUT2D eigenvalue weighted by atomic mass is 9.91. The summed E-state index contributed by atoms with van der Waals surface area (Å²) in [6.45, 7) is 12.8. The van der Waals surface area contributed by atoms with Gasteiger partial charge in [-0.3, -0.25) is 9.59 Å². The van der Waals surface area contributed by atoms with Crippen molar-refractivity contribution in [3.05, 3.63) is 39.2 Å². The maximum Gasteiger partial charge on any atom is 0.317 e. The van der Waals surface area contributed by atoms with Crippen molar-refractivity contribution in [3.8, 4) is 17.0 Å². The first-order chi connectivity index (χ1) is 14.6. The van der Waals surface area contributed by atoms with Gasteiger partial charge in [0.2, 0.25) is 5.88 Å². The first kappa shape index (κ1) is 21.9. The van der Waals surface area contributed by atoms with Crippen LogP contribution in [0.1, 0.15) is 64.2 Å². The molecule has 1 aromatic heterocycles. The summed E-state index contributed by atoms with van der Waals surface area (Å²) in [5.41, 5.74) is 4.08. The van der Waals surface area contributed by atoms with Crippen molar-refractivity contribution in [2.45, 2.75) is 92.5 Å². The average Bonchev–Trinajstić information content (AvgIpc) is 3.16. The number of benzene rings is 1. The number of nitrogens with zero attached hydrogens (tertiary/aromatic N) is 2. The van der Waals surface area contributed by atoms with Gasteiger partial charge in [-0.15, -0.1) is 0 Å². The van der Waals surface area contributed by atoms with E-state index in [9.17, 15) is 9.59 Å². The Morgan fingerprint density at radius 1 is 1.03 bits per heavy atom. The molecular weight excluding hydrogens is 392 g/mol. The van der Waals surface area contributed by atoms with E-state index >= 15 is 0 Å². The molecule has 2 aliphatic heterocycles. The van der Waals surface area contributed by atoms with E-state index in [1.807, 2.05) is 25.5 Å². The van der Waals surface area contributed by atoms with Gasteiger partial charge in [-0.05, 0) is 70.1 Å². The standard InChI is InChI=1S/C25H34N2O4/c1-7-16-11-15(3)12-17(8-2)20(16)21-22(28)26-13-18-9-10-19(30-18)14-27(26)23(21)31-24(29)25(4,5)6/h11-12,18-19H,7-10,13-14H2,1-6H3. The Labute approximate surface area is 184 Å². The van der Waals surface area contributed by atoms with Gasteiger partial charge in [-0.2, -0.15) is 0 Å². The summed E-state index contributed by atoms with van der Waals surface area (Å²) in [6.07, 6.45) is 3.60. The average molecular weight is 427 g/mol. The lowest BCUT2D eigenvalue weighted by Gasteiger charge is -2.21. The molecule has 0 aliphatic carbocycles. The lowest BCUT2D eigenvalue weighted by molar-refractivity contribution is -0.143. The first-order valence-electron chi connectivity index (χ1n) is 11.5. The van der Waals surface area contributed by atoms with Crippen LogP contribution in [0.25, 0.3) is 11.1 Å². The van der Waals surface area contributed by atoms with Crippen LogP contribution in [0.2, 0.25) is 0 Å². The molecule has 0 spiro atoms.